The Morgan fingerprint density at radius 1 is 0.784 bits per heavy atom. The maximum atomic E-state index is 13.8. The first kappa shape index (κ1) is 35.1. The summed E-state index contributed by atoms with van der Waals surface area (Å²) in [6.07, 6.45) is 0. The number of hydrogen-bond donors (Lipinski definition) is 2. The van der Waals surface area contributed by atoms with E-state index in [0.29, 0.717) is 70.3 Å². The molecule has 0 aliphatic carbocycles. The van der Waals surface area contributed by atoms with Crippen molar-refractivity contribution in [2.75, 3.05) is 26.7 Å². The zero-order valence-electron chi connectivity index (χ0n) is 29.1. The van der Waals surface area contributed by atoms with Gasteiger partial charge in [-0.2, -0.15) is 0 Å². The van der Waals surface area contributed by atoms with E-state index in [1.165, 1.54) is 23.3 Å². The summed E-state index contributed by atoms with van der Waals surface area (Å²) in [5, 5.41) is 6.31. The highest BCUT2D eigenvalue weighted by Crippen LogP contribution is 2.38. The fourth-order valence-electron chi connectivity index (χ4n) is 6.02. The van der Waals surface area contributed by atoms with Crippen LogP contribution in [-0.4, -0.2) is 43.5 Å². The van der Waals surface area contributed by atoms with Crippen molar-refractivity contribution in [3.8, 4) is 28.2 Å². The number of nitrogens with zero attached hydrogens (tertiary/aromatic N) is 1. The predicted molar refractivity (Wildman–Crippen MR) is 200 cm³/mol. The van der Waals surface area contributed by atoms with Crippen LogP contribution in [0.3, 0.4) is 0 Å². The van der Waals surface area contributed by atoms with E-state index in [4.69, 9.17) is 9.15 Å². The van der Waals surface area contributed by atoms with Crippen LogP contribution in [0.4, 0.5) is 4.39 Å². The number of halogens is 1. The molecule has 1 heterocycles. The summed E-state index contributed by atoms with van der Waals surface area (Å²) in [5.41, 5.74) is 5.80. The number of nitrogens with one attached hydrogen (secondary N) is 2. The number of amides is 2. The van der Waals surface area contributed by atoms with Crippen LogP contribution in [-0.2, 0) is 13.1 Å². The number of fused-ring (bicyclic) bond motifs is 1. The first-order chi connectivity index (χ1) is 24.8. The molecule has 260 valence electrons. The Morgan fingerprint density at radius 3 is 2.06 bits per heavy atom. The lowest BCUT2D eigenvalue weighted by molar-refractivity contribution is 0.0945. The van der Waals surface area contributed by atoms with Crippen molar-refractivity contribution < 1.29 is 23.1 Å². The quantitative estimate of drug-likeness (QED) is 0.120. The van der Waals surface area contributed by atoms with Gasteiger partial charge in [0.2, 0.25) is 0 Å². The van der Waals surface area contributed by atoms with Crippen LogP contribution >= 0.6 is 0 Å². The van der Waals surface area contributed by atoms with Gasteiger partial charge in [0.1, 0.15) is 29.5 Å². The van der Waals surface area contributed by atoms with Crippen LogP contribution in [0.5, 0.6) is 5.75 Å². The van der Waals surface area contributed by atoms with Crippen molar-refractivity contribution >= 4 is 22.8 Å². The van der Waals surface area contributed by atoms with Crippen LogP contribution < -0.4 is 15.4 Å². The van der Waals surface area contributed by atoms with Crippen molar-refractivity contribution in [2.24, 2.45) is 5.92 Å². The van der Waals surface area contributed by atoms with Gasteiger partial charge in [-0.15, -0.1) is 0 Å². The zero-order chi connectivity index (χ0) is 35.7. The highest BCUT2D eigenvalue weighted by Gasteiger charge is 2.23. The second-order valence-electron chi connectivity index (χ2n) is 12.9. The van der Waals surface area contributed by atoms with Crippen molar-refractivity contribution in [3.63, 3.8) is 0 Å². The zero-order valence-corrected chi connectivity index (χ0v) is 29.1. The summed E-state index contributed by atoms with van der Waals surface area (Å²) >= 11 is 0. The standard InChI is InChI=1S/C43H42FN3O4/c1-29(2)26-46-42(48)34-17-20-38(50-23-22-47(27-30-10-6-4-7-11-30)28-31-12-8-5-9-13-31)36(25-34)33-16-21-39-37(24-33)40(43(49)45-3)41(51-39)32-14-18-35(44)19-15-32/h4-21,24-25,29H,22-23,26-28H2,1-3H3,(H,45,49)(H,46,48). The van der Waals surface area contributed by atoms with Crippen LogP contribution in [0, 0.1) is 11.7 Å². The lowest BCUT2D eigenvalue weighted by atomic mass is 9.98. The Labute approximate surface area is 298 Å². The Bertz CT molecular complexity index is 2050. The number of rotatable bonds is 14. The van der Waals surface area contributed by atoms with Gasteiger partial charge in [0.15, 0.2) is 0 Å². The normalized spacial score (nSPS) is 11.3. The Hall–Kier alpha value is -5.73. The number of ether oxygens (including phenoxy) is 1. The SMILES string of the molecule is CNC(=O)c1c(-c2ccc(F)cc2)oc2ccc(-c3cc(C(=O)NCC(C)C)ccc3OCCN(Cc3ccccc3)Cc3ccccc3)cc12. The molecular weight excluding hydrogens is 641 g/mol. The molecule has 51 heavy (non-hydrogen) atoms. The van der Waals surface area contributed by atoms with E-state index < -0.39 is 0 Å². The third-order valence-corrected chi connectivity index (χ3v) is 8.64. The minimum Gasteiger partial charge on any atom is -0.492 e. The minimum absolute atomic E-state index is 0.178. The van der Waals surface area contributed by atoms with E-state index in [1.54, 1.807) is 31.3 Å². The molecule has 0 radical (unpaired) electrons. The van der Waals surface area contributed by atoms with E-state index >= 15 is 0 Å². The molecular formula is C43H42FN3O4. The van der Waals surface area contributed by atoms with E-state index in [-0.39, 0.29) is 17.6 Å². The minimum atomic E-state index is -0.383. The molecule has 0 saturated carbocycles. The van der Waals surface area contributed by atoms with Crippen LogP contribution in [0.2, 0.25) is 0 Å². The van der Waals surface area contributed by atoms with Gasteiger partial charge < -0.3 is 19.8 Å². The molecule has 7 nitrogen and oxygen atoms in total. The average molecular weight is 684 g/mol. The number of hydrogen-bond acceptors (Lipinski definition) is 5. The summed E-state index contributed by atoms with van der Waals surface area (Å²) in [6, 6.07) is 37.6. The molecule has 5 aromatic carbocycles. The molecule has 0 fully saturated rings. The molecule has 2 N–H and O–H groups in total. The van der Waals surface area contributed by atoms with Gasteiger partial charge in [-0.05, 0) is 77.2 Å². The van der Waals surface area contributed by atoms with Crippen molar-refractivity contribution in [2.45, 2.75) is 26.9 Å². The molecule has 0 spiro atoms. The third-order valence-electron chi connectivity index (χ3n) is 8.64. The Balaban J connectivity index is 1.34. The molecule has 0 saturated heterocycles. The van der Waals surface area contributed by atoms with Crippen LogP contribution in [0.15, 0.2) is 126 Å². The average Bonchev–Trinajstić information content (AvgIpc) is 3.53. The first-order valence-electron chi connectivity index (χ1n) is 17.2. The van der Waals surface area contributed by atoms with Gasteiger partial charge in [0.05, 0.1) is 5.56 Å². The maximum absolute atomic E-state index is 13.8. The number of benzene rings is 5. The number of carbonyl (C=O) groups excluding carboxylic acids is 2. The highest BCUT2D eigenvalue weighted by atomic mass is 19.1. The molecule has 2 amide bonds. The van der Waals surface area contributed by atoms with Crippen molar-refractivity contribution in [1.29, 1.82) is 0 Å². The monoisotopic (exact) mass is 683 g/mol. The van der Waals surface area contributed by atoms with Crippen LogP contribution in [0.25, 0.3) is 33.4 Å². The second kappa shape index (κ2) is 16.3. The Kier molecular flexibility index (Phi) is 11.2. The van der Waals surface area contributed by atoms with Gasteiger partial charge in [-0.3, -0.25) is 14.5 Å². The summed E-state index contributed by atoms with van der Waals surface area (Å²) in [7, 11) is 1.56. The fraction of sp³-hybridized carbons (Fsp3) is 0.209. The molecule has 0 atom stereocenters. The number of furan rings is 1. The molecule has 0 aliphatic heterocycles. The van der Waals surface area contributed by atoms with E-state index in [2.05, 4.69) is 39.8 Å². The third kappa shape index (κ3) is 8.71. The Morgan fingerprint density at radius 2 is 1.43 bits per heavy atom. The summed E-state index contributed by atoms with van der Waals surface area (Å²) in [6.45, 7) is 7.22. The molecule has 1 aromatic heterocycles. The second-order valence-corrected chi connectivity index (χ2v) is 12.9. The van der Waals surface area contributed by atoms with Gasteiger partial charge >= 0.3 is 0 Å². The molecule has 6 rings (SSSR count). The van der Waals surface area contributed by atoms with Crippen molar-refractivity contribution in [3.05, 3.63) is 149 Å². The van der Waals surface area contributed by atoms with Crippen molar-refractivity contribution in [1.82, 2.24) is 15.5 Å². The molecule has 0 bridgehead atoms. The lowest BCUT2D eigenvalue weighted by Gasteiger charge is -2.23. The highest BCUT2D eigenvalue weighted by molar-refractivity contribution is 6.12. The van der Waals surface area contributed by atoms with Gasteiger partial charge in [-0.25, -0.2) is 4.39 Å². The van der Waals surface area contributed by atoms with Crippen LogP contribution in [0.1, 0.15) is 45.7 Å². The molecule has 8 heteroatoms. The summed E-state index contributed by atoms with van der Waals surface area (Å²) in [5.74, 6) is 0.358. The van der Waals surface area contributed by atoms with E-state index in [9.17, 15) is 14.0 Å². The lowest BCUT2D eigenvalue weighted by Crippen LogP contribution is -2.28. The number of carbonyl (C=O) groups is 2. The van der Waals surface area contributed by atoms with E-state index in [1.807, 2.05) is 74.5 Å². The maximum Gasteiger partial charge on any atom is 0.255 e. The van der Waals surface area contributed by atoms with Gasteiger partial charge in [0, 0.05) is 55.3 Å². The predicted octanol–water partition coefficient (Wildman–Crippen LogP) is 8.73. The smallest absolute Gasteiger partial charge is 0.255 e. The molecule has 0 unspecified atom stereocenters. The largest absolute Gasteiger partial charge is 0.492 e. The van der Waals surface area contributed by atoms with E-state index in [0.717, 1.165) is 18.7 Å². The summed E-state index contributed by atoms with van der Waals surface area (Å²) < 4.78 is 26.5. The van der Waals surface area contributed by atoms with Gasteiger partial charge in [-0.1, -0.05) is 80.6 Å². The first-order valence-corrected chi connectivity index (χ1v) is 17.2. The molecule has 0 aliphatic rings. The molecule has 6 aromatic rings. The fourth-order valence-corrected chi connectivity index (χ4v) is 6.02. The summed E-state index contributed by atoms with van der Waals surface area (Å²) in [4.78, 5) is 28.8. The van der Waals surface area contributed by atoms with Gasteiger partial charge in [0.25, 0.3) is 11.8 Å². The topological polar surface area (TPSA) is 83.8 Å².